The zero-order chi connectivity index (χ0) is 13.8. The average molecular weight is 404 g/mol. The zero-order valence-corrected chi connectivity index (χ0v) is 13.7. The first-order valence-corrected chi connectivity index (χ1v) is 7.50. The molecule has 0 aliphatic heterocycles. The number of halogens is 3. The van der Waals surface area contributed by atoms with Gasteiger partial charge >= 0.3 is 0 Å². The van der Waals surface area contributed by atoms with Crippen molar-refractivity contribution in [3.63, 3.8) is 0 Å². The topological polar surface area (TPSA) is 29.1 Å². The molecule has 0 atom stereocenters. The number of hydrogen-bond donors (Lipinski definition) is 1. The van der Waals surface area contributed by atoms with Crippen molar-refractivity contribution in [2.24, 2.45) is 0 Å². The Balaban J connectivity index is 2.07. The van der Waals surface area contributed by atoms with Crippen molar-refractivity contribution in [2.75, 3.05) is 0 Å². The summed E-state index contributed by atoms with van der Waals surface area (Å²) in [5, 5.41) is 3.52. The Morgan fingerprint density at radius 3 is 2.68 bits per heavy atom. The highest BCUT2D eigenvalue weighted by molar-refractivity contribution is 9.11. The maximum absolute atomic E-state index is 12.1. The van der Waals surface area contributed by atoms with E-state index in [1.54, 1.807) is 12.1 Å². The van der Waals surface area contributed by atoms with Crippen LogP contribution >= 0.6 is 43.5 Å². The van der Waals surface area contributed by atoms with Crippen molar-refractivity contribution in [3.8, 4) is 0 Å². The van der Waals surface area contributed by atoms with E-state index >= 15 is 0 Å². The predicted octanol–water partition coefficient (Wildman–Crippen LogP) is 4.80. The largest absolute Gasteiger partial charge is 0.348 e. The second-order valence-corrected chi connectivity index (χ2v) is 6.14. The summed E-state index contributed by atoms with van der Waals surface area (Å²) in [4.78, 5) is 12.1. The molecule has 0 unspecified atom stereocenters. The van der Waals surface area contributed by atoms with Crippen LogP contribution in [0.1, 0.15) is 15.9 Å². The van der Waals surface area contributed by atoms with Crippen LogP contribution in [0.3, 0.4) is 0 Å². The molecule has 0 aliphatic carbocycles. The molecule has 2 rings (SSSR count). The molecular weight excluding hydrogens is 393 g/mol. The van der Waals surface area contributed by atoms with Gasteiger partial charge in [0.25, 0.3) is 5.91 Å². The molecule has 5 heteroatoms. The van der Waals surface area contributed by atoms with E-state index in [2.05, 4.69) is 37.2 Å². The molecule has 0 radical (unpaired) electrons. The van der Waals surface area contributed by atoms with Crippen LogP contribution in [0.2, 0.25) is 5.02 Å². The van der Waals surface area contributed by atoms with Gasteiger partial charge in [0, 0.05) is 20.5 Å². The first kappa shape index (κ1) is 14.6. The van der Waals surface area contributed by atoms with Crippen LogP contribution in [0.4, 0.5) is 0 Å². The Morgan fingerprint density at radius 1 is 1.16 bits per heavy atom. The molecule has 2 aromatic carbocycles. The van der Waals surface area contributed by atoms with E-state index in [1.807, 2.05) is 30.3 Å². The number of carbonyl (C=O) groups excluding carboxylic acids is 1. The Hall–Kier alpha value is -0.840. The van der Waals surface area contributed by atoms with Gasteiger partial charge in [-0.2, -0.15) is 0 Å². The Morgan fingerprint density at radius 2 is 1.95 bits per heavy atom. The van der Waals surface area contributed by atoms with Crippen LogP contribution in [0.5, 0.6) is 0 Å². The smallest absolute Gasteiger partial charge is 0.252 e. The van der Waals surface area contributed by atoms with Crippen molar-refractivity contribution in [3.05, 3.63) is 67.6 Å². The number of rotatable bonds is 3. The van der Waals surface area contributed by atoms with Gasteiger partial charge < -0.3 is 5.32 Å². The van der Waals surface area contributed by atoms with E-state index in [9.17, 15) is 4.79 Å². The van der Waals surface area contributed by atoms with Crippen LogP contribution in [0, 0.1) is 0 Å². The molecular formula is C14H10Br2ClNO. The minimum absolute atomic E-state index is 0.131. The highest BCUT2D eigenvalue weighted by Crippen LogP contribution is 2.21. The molecule has 2 aromatic rings. The Labute approximate surface area is 133 Å². The lowest BCUT2D eigenvalue weighted by atomic mass is 10.2. The van der Waals surface area contributed by atoms with E-state index in [4.69, 9.17) is 11.6 Å². The van der Waals surface area contributed by atoms with E-state index in [-0.39, 0.29) is 5.91 Å². The number of hydrogen-bond acceptors (Lipinski definition) is 1. The lowest BCUT2D eigenvalue weighted by molar-refractivity contribution is 0.0950. The maximum Gasteiger partial charge on any atom is 0.252 e. The van der Waals surface area contributed by atoms with E-state index in [0.29, 0.717) is 17.1 Å². The Bertz CT molecular complexity index is 616. The normalized spacial score (nSPS) is 10.3. The fraction of sp³-hybridized carbons (Fsp3) is 0.0714. The fourth-order valence-corrected chi connectivity index (χ4v) is 2.60. The number of carbonyl (C=O) groups is 1. The van der Waals surface area contributed by atoms with Crippen molar-refractivity contribution in [1.29, 1.82) is 0 Å². The van der Waals surface area contributed by atoms with Gasteiger partial charge in [-0.15, -0.1) is 0 Å². The molecule has 0 bridgehead atoms. The third-order valence-corrected chi connectivity index (χ3v) is 3.93. The summed E-state index contributed by atoms with van der Waals surface area (Å²) in [6.07, 6.45) is 0. The molecule has 19 heavy (non-hydrogen) atoms. The first-order chi connectivity index (χ1) is 9.06. The average Bonchev–Trinajstić information content (AvgIpc) is 2.39. The second kappa shape index (κ2) is 6.55. The minimum Gasteiger partial charge on any atom is -0.348 e. The summed E-state index contributed by atoms with van der Waals surface area (Å²) in [7, 11) is 0. The minimum atomic E-state index is -0.131. The summed E-state index contributed by atoms with van der Waals surface area (Å²) >= 11 is 12.6. The number of benzene rings is 2. The number of nitrogens with one attached hydrogen (secondary N) is 1. The first-order valence-electron chi connectivity index (χ1n) is 5.54. The predicted molar refractivity (Wildman–Crippen MR) is 84.5 cm³/mol. The van der Waals surface area contributed by atoms with E-state index < -0.39 is 0 Å². The lowest BCUT2D eigenvalue weighted by Crippen LogP contribution is -2.23. The third kappa shape index (κ3) is 4.06. The van der Waals surface area contributed by atoms with Crippen molar-refractivity contribution >= 4 is 49.4 Å². The third-order valence-electron chi connectivity index (χ3n) is 2.52. The van der Waals surface area contributed by atoms with Crippen LogP contribution in [-0.4, -0.2) is 5.91 Å². The lowest BCUT2D eigenvalue weighted by Gasteiger charge is -2.08. The monoisotopic (exact) mass is 401 g/mol. The quantitative estimate of drug-likeness (QED) is 0.784. The molecule has 0 saturated carbocycles. The van der Waals surface area contributed by atoms with E-state index in [1.165, 1.54) is 0 Å². The summed E-state index contributed by atoms with van der Waals surface area (Å²) in [6, 6.07) is 12.9. The molecule has 0 saturated heterocycles. The molecule has 0 aliphatic rings. The molecule has 2 nitrogen and oxygen atoms in total. The van der Waals surface area contributed by atoms with Gasteiger partial charge in [-0.25, -0.2) is 0 Å². The molecule has 0 spiro atoms. The van der Waals surface area contributed by atoms with Crippen molar-refractivity contribution in [1.82, 2.24) is 5.32 Å². The summed E-state index contributed by atoms with van der Waals surface area (Å²) in [5.41, 5.74) is 1.56. The van der Waals surface area contributed by atoms with Gasteiger partial charge in [-0.05, 0) is 51.8 Å². The summed E-state index contributed by atoms with van der Waals surface area (Å²) < 4.78 is 1.63. The van der Waals surface area contributed by atoms with Crippen LogP contribution in [0.15, 0.2) is 51.4 Å². The zero-order valence-electron chi connectivity index (χ0n) is 9.79. The molecule has 1 amide bonds. The Kier molecular flexibility index (Phi) is 5.02. The second-order valence-electron chi connectivity index (χ2n) is 3.94. The molecule has 98 valence electrons. The van der Waals surface area contributed by atoms with E-state index in [0.717, 1.165) is 14.5 Å². The summed E-state index contributed by atoms with van der Waals surface area (Å²) in [5.74, 6) is -0.131. The van der Waals surface area contributed by atoms with Crippen LogP contribution in [0.25, 0.3) is 0 Å². The van der Waals surface area contributed by atoms with Gasteiger partial charge in [0.05, 0.1) is 5.56 Å². The van der Waals surface area contributed by atoms with Gasteiger partial charge in [-0.1, -0.05) is 39.7 Å². The van der Waals surface area contributed by atoms with Gasteiger partial charge in [0.15, 0.2) is 0 Å². The van der Waals surface area contributed by atoms with Crippen LogP contribution < -0.4 is 5.32 Å². The number of amides is 1. The van der Waals surface area contributed by atoms with Gasteiger partial charge in [0.1, 0.15) is 0 Å². The highest BCUT2D eigenvalue weighted by atomic mass is 79.9. The standard InChI is InChI=1S/C14H10Br2ClNO/c15-10-4-5-13(16)12(7-10)14(19)18-8-9-2-1-3-11(17)6-9/h1-7H,8H2,(H,18,19). The molecule has 0 heterocycles. The fourth-order valence-electron chi connectivity index (χ4n) is 1.60. The van der Waals surface area contributed by atoms with Crippen molar-refractivity contribution < 1.29 is 4.79 Å². The summed E-state index contributed by atoms with van der Waals surface area (Å²) in [6.45, 7) is 0.443. The van der Waals surface area contributed by atoms with Crippen molar-refractivity contribution in [2.45, 2.75) is 6.54 Å². The molecule has 0 aromatic heterocycles. The molecule has 0 fully saturated rings. The SMILES string of the molecule is O=C(NCc1cccc(Cl)c1)c1cc(Br)ccc1Br. The molecule has 1 N–H and O–H groups in total. The maximum atomic E-state index is 12.1. The van der Waals surface area contributed by atoms with Crippen LogP contribution in [-0.2, 0) is 6.54 Å². The van der Waals surface area contributed by atoms with Gasteiger partial charge in [0.2, 0.25) is 0 Å². The van der Waals surface area contributed by atoms with Gasteiger partial charge in [-0.3, -0.25) is 4.79 Å². The highest BCUT2D eigenvalue weighted by Gasteiger charge is 2.10.